The summed E-state index contributed by atoms with van der Waals surface area (Å²) in [6, 6.07) is 0. The summed E-state index contributed by atoms with van der Waals surface area (Å²) >= 11 is 0. The van der Waals surface area contributed by atoms with Gasteiger partial charge in [0.05, 0.1) is 6.61 Å². The van der Waals surface area contributed by atoms with Gasteiger partial charge in [-0.3, -0.25) is 0 Å². The van der Waals surface area contributed by atoms with E-state index in [0.29, 0.717) is 0 Å². The third-order valence-electron chi connectivity index (χ3n) is 1.67. The number of hydrogen-bond donors (Lipinski definition) is 3. The third-order valence-corrected chi connectivity index (χ3v) is 1.67. The molecule has 1 heterocycles. The second-order valence-electron chi connectivity index (χ2n) is 2.48. The zero-order valence-corrected chi connectivity index (χ0v) is 5.75. The van der Waals surface area contributed by atoms with Crippen molar-refractivity contribution in [2.75, 3.05) is 6.61 Å². The van der Waals surface area contributed by atoms with E-state index in [1.807, 2.05) is 0 Å². The maximum atomic E-state index is 10.0. The monoisotopic (exact) mass is 162 g/mol. The molecule has 0 aliphatic carbocycles. The van der Waals surface area contributed by atoms with Crippen LogP contribution < -0.4 is 0 Å². The van der Waals surface area contributed by atoms with Crippen molar-refractivity contribution in [2.45, 2.75) is 24.4 Å². The fraction of sp³-hybridized carbons (Fsp3) is 0.833. The molecule has 0 radical (unpaired) electrons. The van der Waals surface area contributed by atoms with Gasteiger partial charge in [-0.15, -0.1) is 0 Å². The average Bonchev–Trinajstić information content (AvgIpc) is 2.32. The first-order valence-electron chi connectivity index (χ1n) is 3.28. The number of carbonyl (C=O) groups excluding carboxylic acids is 1. The molecular formula is C6H10O5. The van der Waals surface area contributed by atoms with Gasteiger partial charge in [0, 0.05) is 0 Å². The van der Waals surface area contributed by atoms with Crippen LogP contribution in [0.25, 0.3) is 0 Å². The summed E-state index contributed by atoms with van der Waals surface area (Å²) in [5, 5.41) is 26.9. The molecule has 1 aliphatic heterocycles. The summed E-state index contributed by atoms with van der Waals surface area (Å²) in [6.45, 7) is -0.0449. The third kappa shape index (κ3) is 1.57. The Morgan fingerprint density at radius 1 is 1.55 bits per heavy atom. The van der Waals surface area contributed by atoms with Crippen LogP contribution in [0.15, 0.2) is 0 Å². The minimum atomic E-state index is -1.36. The normalized spacial score (nSPS) is 40.5. The molecule has 1 fully saturated rings. The number of carbonyl (C=O) groups is 1. The highest BCUT2D eigenvalue weighted by Gasteiger charge is 2.38. The zero-order valence-electron chi connectivity index (χ0n) is 5.75. The van der Waals surface area contributed by atoms with Crippen molar-refractivity contribution in [3.05, 3.63) is 0 Å². The van der Waals surface area contributed by atoms with E-state index in [9.17, 15) is 4.79 Å². The second kappa shape index (κ2) is 3.27. The maximum Gasteiger partial charge on any atom is 0.151 e. The number of hydrogen-bond acceptors (Lipinski definition) is 5. The molecule has 1 saturated heterocycles. The molecule has 11 heavy (non-hydrogen) atoms. The number of aliphatic hydroxyl groups is 3. The van der Waals surface area contributed by atoms with Crippen LogP contribution >= 0.6 is 0 Å². The van der Waals surface area contributed by atoms with E-state index in [-0.39, 0.29) is 12.9 Å². The zero-order chi connectivity index (χ0) is 8.43. The quantitative estimate of drug-likeness (QED) is 0.396. The van der Waals surface area contributed by atoms with E-state index < -0.39 is 24.4 Å². The highest BCUT2D eigenvalue weighted by Crippen LogP contribution is 2.16. The van der Waals surface area contributed by atoms with Crippen molar-refractivity contribution in [2.24, 2.45) is 0 Å². The van der Waals surface area contributed by atoms with Crippen LogP contribution in [0.5, 0.6) is 0 Å². The van der Waals surface area contributed by atoms with Crippen LogP contribution in [0.3, 0.4) is 0 Å². The molecule has 1 rings (SSSR count). The molecule has 5 nitrogen and oxygen atoms in total. The molecule has 5 heteroatoms. The van der Waals surface area contributed by atoms with E-state index in [1.54, 1.807) is 0 Å². The molecule has 3 N–H and O–H groups in total. The molecule has 0 aromatic heterocycles. The lowest BCUT2D eigenvalue weighted by molar-refractivity contribution is -0.124. The Kier molecular flexibility index (Phi) is 2.56. The van der Waals surface area contributed by atoms with Gasteiger partial charge in [-0.1, -0.05) is 0 Å². The summed E-state index contributed by atoms with van der Waals surface area (Å²) < 4.78 is 4.75. The van der Waals surface area contributed by atoms with Gasteiger partial charge in [0.15, 0.2) is 6.29 Å². The van der Waals surface area contributed by atoms with Crippen molar-refractivity contribution < 1.29 is 24.9 Å². The molecule has 0 bridgehead atoms. The van der Waals surface area contributed by atoms with E-state index in [4.69, 9.17) is 20.1 Å². The molecule has 0 unspecified atom stereocenters. The van der Waals surface area contributed by atoms with Crippen LogP contribution in [-0.4, -0.2) is 52.6 Å². The van der Waals surface area contributed by atoms with Gasteiger partial charge in [0.25, 0.3) is 0 Å². The van der Waals surface area contributed by atoms with Crippen LogP contribution in [-0.2, 0) is 9.53 Å². The lowest BCUT2D eigenvalue weighted by Gasteiger charge is -2.15. The minimum Gasteiger partial charge on any atom is -0.388 e. The van der Waals surface area contributed by atoms with Crippen molar-refractivity contribution in [1.82, 2.24) is 0 Å². The lowest BCUT2D eigenvalue weighted by Crippen LogP contribution is -2.39. The highest BCUT2D eigenvalue weighted by molar-refractivity contribution is 5.57. The molecule has 1 aliphatic rings. The lowest BCUT2D eigenvalue weighted by atomic mass is 10.1. The minimum absolute atomic E-state index is 0.0449. The molecule has 0 aromatic rings. The Morgan fingerprint density at radius 2 is 2.18 bits per heavy atom. The molecule has 0 aromatic carbocycles. The SMILES string of the molecule is O=C[C@H](O)[C@@H]1OC[C@@H](O)[C@@H]1O. The topological polar surface area (TPSA) is 87.0 Å². The molecule has 0 amide bonds. The summed E-state index contributed by atoms with van der Waals surface area (Å²) in [4.78, 5) is 10.0. The number of ether oxygens (including phenoxy) is 1. The summed E-state index contributed by atoms with van der Waals surface area (Å²) in [7, 11) is 0. The van der Waals surface area contributed by atoms with Crippen LogP contribution in [0.1, 0.15) is 0 Å². The van der Waals surface area contributed by atoms with Crippen LogP contribution in [0, 0.1) is 0 Å². The van der Waals surface area contributed by atoms with Crippen molar-refractivity contribution in [1.29, 1.82) is 0 Å². The van der Waals surface area contributed by atoms with Gasteiger partial charge in [-0.25, -0.2) is 0 Å². The molecular weight excluding hydrogens is 152 g/mol. The fourth-order valence-corrected chi connectivity index (χ4v) is 1.00. The summed E-state index contributed by atoms with van der Waals surface area (Å²) in [5.74, 6) is 0. The second-order valence-corrected chi connectivity index (χ2v) is 2.48. The smallest absolute Gasteiger partial charge is 0.151 e. The van der Waals surface area contributed by atoms with E-state index in [1.165, 1.54) is 0 Å². The van der Waals surface area contributed by atoms with Gasteiger partial charge < -0.3 is 24.9 Å². The molecule has 64 valence electrons. The number of rotatable bonds is 2. The van der Waals surface area contributed by atoms with Gasteiger partial charge >= 0.3 is 0 Å². The van der Waals surface area contributed by atoms with Crippen LogP contribution in [0.2, 0.25) is 0 Å². The molecule has 4 atom stereocenters. The number of aliphatic hydroxyl groups excluding tert-OH is 3. The Hall–Kier alpha value is -0.490. The van der Waals surface area contributed by atoms with Gasteiger partial charge in [-0.2, -0.15) is 0 Å². The van der Waals surface area contributed by atoms with Crippen LogP contribution in [0.4, 0.5) is 0 Å². The van der Waals surface area contributed by atoms with Gasteiger partial charge in [0.1, 0.15) is 24.4 Å². The highest BCUT2D eigenvalue weighted by atomic mass is 16.5. The molecule has 0 saturated carbocycles. The van der Waals surface area contributed by atoms with E-state index >= 15 is 0 Å². The maximum absolute atomic E-state index is 10.0. The predicted molar refractivity (Wildman–Crippen MR) is 33.8 cm³/mol. The average molecular weight is 162 g/mol. The number of aldehydes is 1. The van der Waals surface area contributed by atoms with Gasteiger partial charge in [0.2, 0.25) is 0 Å². The van der Waals surface area contributed by atoms with E-state index in [0.717, 1.165) is 0 Å². The summed E-state index contributed by atoms with van der Waals surface area (Å²) in [5.41, 5.74) is 0. The largest absolute Gasteiger partial charge is 0.388 e. The Morgan fingerprint density at radius 3 is 2.55 bits per heavy atom. The van der Waals surface area contributed by atoms with Crippen molar-refractivity contribution in [3.63, 3.8) is 0 Å². The van der Waals surface area contributed by atoms with Crippen molar-refractivity contribution >= 4 is 6.29 Å². The first-order valence-corrected chi connectivity index (χ1v) is 3.28. The van der Waals surface area contributed by atoms with E-state index in [2.05, 4.69) is 0 Å². The first-order chi connectivity index (χ1) is 5.16. The summed E-state index contributed by atoms with van der Waals surface area (Å²) in [6.07, 6.45) is -4.25. The standard InChI is InChI=1S/C6H10O5/c7-1-3(8)6-5(10)4(9)2-11-6/h1,3-6,8-10H,2H2/t3-,4+,5-,6-/m0/s1. The Bertz CT molecular complexity index is 148. The fourth-order valence-electron chi connectivity index (χ4n) is 1.00. The first kappa shape index (κ1) is 8.61. The Labute approximate surface area is 63.2 Å². The Balaban J connectivity index is 2.54. The molecule has 0 spiro atoms. The predicted octanol–water partition coefficient (Wildman–Crippen LogP) is -2.33. The van der Waals surface area contributed by atoms with Gasteiger partial charge in [-0.05, 0) is 0 Å². The van der Waals surface area contributed by atoms with Crippen molar-refractivity contribution in [3.8, 4) is 0 Å².